The molecule has 5 heterocycles. The van der Waals surface area contributed by atoms with Gasteiger partial charge in [-0.05, 0) is 106 Å². The number of aryl methyl sites for hydroxylation is 5. The normalized spacial score (nSPS) is 10.0. The molecule has 22 heteroatoms. The number of aromatic nitrogens is 5. The molecule has 0 aliphatic heterocycles. The lowest BCUT2D eigenvalue weighted by Crippen LogP contribution is -2.25. The molecule has 332 valence electrons. The summed E-state index contributed by atoms with van der Waals surface area (Å²) in [4.78, 5) is 81.2. The van der Waals surface area contributed by atoms with Crippen LogP contribution in [0.4, 0.5) is 0 Å². The number of halogens is 3. The van der Waals surface area contributed by atoms with E-state index in [2.05, 4.69) is 40.8 Å². The monoisotopic (exact) mass is 1050 g/mol. The molecule has 0 fully saturated rings. The molecule has 0 unspecified atom stereocenters. The maximum atomic E-state index is 12.1. The van der Waals surface area contributed by atoms with E-state index in [-0.39, 0.29) is 29.1 Å². The number of benzene rings is 2. The first-order valence-electron chi connectivity index (χ1n) is 18.0. The number of ether oxygens (including phenoxy) is 1. The highest BCUT2D eigenvalue weighted by atomic mass is 79.9. The molecule has 14 nitrogen and oxygen atoms in total. The van der Waals surface area contributed by atoms with Gasteiger partial charge in [0.1, 0.15) is 20.9 Å². The Morgan fingerprint density at radius 2 is 1.05 bits per heavy atom. The minimum atomic E-state index is -0.959. The van der Waals surface area contributed by atoms with Crippen molar-refractivity contribution >= 4 is 125 Å². The molecule has 0 bridgehead atoms. The molecule has 0 saturated heterocycles. The van der Waals surface area contributed by atoms with Crippen molar-refractivity contribution in [1.29, 1.82) is 0 Å². The molecule has 7 rings (SSSR count). The summed E-state index contributed by atoms with van der Waals surface area (Å²) in [7, 11) is 2.99. The molecule has 63 heavy (non-hydrogen) atoms. The summed E-state index contributed by atoms with van der Waals surface area (Å²) in [6.45, 7) is 11.4. The molecular weight excluding hydrogens is 1020 g/mol. The van der Waals surface area contributed by atoms with Gasteiger partial charge < -0.3 is 9.84 Å². The zero-order chi connectivity index (χ0) is 46.8. The Hall–Kier alpha value is -4.64. The molecule has 0 saturated carbocycles. The maximum absolute atomic E-state index is 12.1. The topological polar surface area (TPSA) is 192 Å². The van der Waals surface area contributed by atoms with E-state index in [1.54, 1.807) is 85.6 Å². The minimum absolute atomic E-state index is 0.0592. The van der Waals surface area contributed by atoms with Crippen molar-refractivity contribution in [3.63, 3.8) is 0 Å². The Labute approximate surface area is 401 Å². The van der Waals surface area contributed by atoms with Crippen molar-refractivity contribution in [2.75, 3.05) is 20.8 Å². The third-order valence-corrected chi connectivity index (χ3v) is 12.5. The van der Waals surface area contributed by atoms with E-state index in [1.165, 1.54) is 69.2 Å². The smallest absolute Gasteiger partial charge is 0.357 e. The van der Waals surface area contributed by atoms with Gasteiger partial charge in [-0.15, -0.1) is 56.7 Å². The molecule has 0 spiro atoms. The summed E-state index contributed by atoms with van der Waals surface area (Å²) in [5, 5.41) is 21.7. The zero-order valence-corrected chi connectivity index (χ0v) is 42.0. The second-order valence-corrected chi connectivity index (χ2v) is 19.7. The first-order valence-corrected chi connectivity index (χ1v) is 23.9. The van der Waals surface area contributed by atoms with E-state index in [4.69, 9.17) is 37.9 Å². The molecule has 0 radical (unpaired) electrons. The van der Waals surface area contributed by atoms with Gasteiger partial charge in [0.2, 0.25) is 11.6 Å². The van der Waals surface area contributed by atoms with Gasteiger partial charge in [0.15, 0.2) is 11.4 Å². The molecule has 0 aliphatic rings. The third kappa shape index (κ3) is 17.5. The fraction of sp³-hybridized carbons (Fsp3) is 0.220. The number of carboxylic acids is 1. The van der Waals surface area contributed by atoms with Crippen LogP contribution in [0.15, 0.2) is 73.8 Å². The van der Waals surface area contributed by atoms with Crippen molar-refractivity contribution in [2.24, 2.45) is 0 Å². The average Bonchev–Trinajstić information content (AvgIpc) is 4.12. The highest BCUT2D eigenvalue weighted by Crippen LogP contribution is 2.27. The quantitative estimate of drug-likeness (QED) is 0.0816. The van der Waals surface area contributed by atoms with Gasteiger partial charge >= 0.3 is 11.9 Å². The minimum Gasteiger partial charge on any atom is -0.476 e. The number of carbonyl (C=O) groups excluding carboxylic acids is 4. The number of ketones is 2. The second kappa shape index (κ2) is 26.2. The second-order valence-electron chi connectivity index (χ2n) is 12.0. The van der Waals surface area contributed by atoms with Gasteiger partial charge in [-0.2, -0.15) is 0 Å². The number of amides is 1. The van der Waals surface area contributed by atoms with Crippen LogP contribution >= 0.6 is 95.8 Å². The predicted octanol–water partition coefficient (Wildman–Crippen LogP) is 11.3. The van der Waals surface area contributed by atoms with Crippen molar-refractivity contribution in [1.82, 2.24) is 30.0 Å². The first-order chi connectivity index (χ1) is 29.8. The van der Waals surface area contributed by atoms with Crippen molar-refractivity contribution < 1.29 is 38.7 Å². The van der Waals surface area contributed by atoms with Crippen LogP contribution in [0.25, 0.3) is 0 Å². The predicted molar refractivity (Wildman–Crippen MR) is 254 cm³/mol. The number of thiazole rings is 5. The number of esters is 1. The van der Waals surface area contributed by atoms with Gasteiger partial charge in [0.05, 0.1) is 38.8 Å². The Morgan fingerprint density at radius 3 is 1.40 bits per heavy atom. The zero-order valence-electron chi connectivity index (χ0n) is 34.8. The van der Waals surface area contributed by atoms with E-state index in [0.29, 0.717) is 50.6 Å². The number of aromatic carboxylic acids is 1. The summed E-state index contributed by atoms with van der Waals surface area (Å²) in [6.07, 6.45) is 0. The Kier molecular flexibility index (Phi) is 21.9. The number of rotatable bonds is 9. The van der Waals surface area contributed by atoms with E-state index in [0.717, 1.165) is 33.9 Å². The number of nitrogens with zero attached hydrogens (tertiary/aromatic N) is 6. The molecule has 7 aromatic rings. The van der Waals surface area contributed by atoms with Gasteiger partial charge in [-0.25, -0.2) is 39.6 Å². The SMILES string of the molecule is CCOC(=O)c1csc(C)n1.CON(C)C(=O)c1csc(C)n1.Cc1nc(C(=O)O)cs1.Cc1nc(C(=O)c2ccc(Cl)cc2)c(Br)s1.Cc1nc(C(=O)c2ccc(Cl)cc2)cs1. The summed E-state index contributed by atoms with van der Waals surface area (Å²) in [5.74, 6) is -1.66. The molecule has 5 aromatic heterocycles. The van der Waals surface area contributed by atoms with Gasteiger partial charge in [0, 0.05) is 49.7 Å². The van der Waals surface area contributed by atoms with Crippen LogP contribution in [0, 0.1) is 34.6 Å². The summed E-state index contributed by atoms with van der Waals surface area (Å²) >= 11 is 22.0. The van der Waals surface area contributed by atoms with Gasteiger partial charge in [-0.1, -0.05) is 23.2 Å². The summed E-state index contributed by atoms with van der Waals surface area (Å²) < 4.78 is 5.51. The number of carboxylic acid groups (broad SMARTS) is 1. The highest BCUT2D eigenvalue weighted by molar-refractivity contribution is 9.11. The molecule has 2 aromatic carbocycles. The van der Waals surface area contributed by atoms with Crippen LogP contribution in [0.1, 0.15) is 95.5 Å². The van der Waals surface area contributed by atoms with Crippen molar-refractivity contribution in [3.05, 3.63) is 149 Å². The van der Waals surface area contributed by atoms with Crippen LogP contribution in [-0.4, -0.2) is 85.3 Å². The number of hydrogen-bond donors (Lipinski definition) is 1. The number of hydrogen-bond acceptors (Lipinski definition) is 17. The number of carbonyl (C=O) groups is 5. The standard InChI is InChI=1S/C11H7BrClNOS.C11H8ClNOS.C7H10N2O2S.C7H9NO2S.C5H5NO2S/c1-6-14-9(11(12)16-6)10(15)7-2-4-8(13)5-3-7;1-7-13-10(6-15-7)11(14)8-2-4-9(12)5-3-8;1-5-8-6(4-12-5)7(10)9(2)11-3;1-3-10-7(9)6-4-11-5(2)8-6;1-3-6-4(2-9-3)5(7)8/h2-5H,1H3;2-6H,1H3;4H,1-3H3;4H,3H2,1-2H3;2H,1H3,(H,7,8). The van der Waals surface area contributed by atoms with E-state index in [1.807, 2.05) is 27.7 Å². The van der Waals surface area contributed by atoms with E-state index < -0.39 is 5.97 Å². The lowest BCUT2D eigenvalue weighted by molar-refractivity contribution is -0.0760. The fourth-order valence-electron chi connectivity index (χ4n) is 4.33. The summed E-state index contributed by atoms with van der Waals surface area (Å²) in [5.41, 5.74) is 3.15. The summed E-state index contributed by atoms with van der Waals surface area (Å²) in [6, 6.07) is 13.6. The van der Waals surface area contributed by atoms with Crippen LogP contribution in [-0.2, 0) is 9.57 Å². The highest BCUT2D eigenvalue weighted by Gasteiger charge is 2.17. The van der Waals surface area contributed by atoms with Crippen molar-refractivity contribution in [2.45, 2.75) is 41.5 Å². The molecule has 1 N–H and O–H groups in total. The van der Waals surface area contributed by atoms with Gasteiger partial charge in [-0.3, -0.25) is 19.2 Å². The molecule has 1 amide bonds. The fourth-order valence-corrected chi connectivity index (χ4v) is 8.53. The maximum Gasteiger partial charge on any atom is 0.357 e. The lowest BCUT2D eigenvalue weighted by Gasteiger charge is -2.10. The first kappa shape index (κ1) is 52.7. The number of hydroxylamine groups is 2. The van der Waals surface area contributed by atoms with Crippen LogP contribution in [0.2, 0.25) is 10.0 Å². The lowest BCUT2D eigenvalue weighted by atomic mass is 10.1. The van der Waals surface area contributed by atoms with E-state index in [9.17, 15) is 24.0 Å². The van der Waals surface area contributed by atoms with Crippen LogP contribution in [0.5, 0.6) is 0 Å². The largest absolute Gasteiger partial charge is 0.476 e. The van der Waals surface area contributed by atoms with Crippen LogP contribution < -0.4 is 0 Å². The van der Waals surface area contributed by atoms with Gasteiger partial charge in [0.25, 0.3) is 5.91 Å². The Balaban J connectivity index is 0.000000213. The van der Waals surface area contributed by atoms with E-state index >= 15 is 0 Å². The molecule has 0 atom stereocenters. The molecule has 0 aliphatic carbocycles. The molecular formula is C41H39BrCl2N6O8S5. The van der Waals surface area contributed by atoms with Crippen LogP contribution in [0.3, 0.4) is 0 Å². The Bertz CT molecular complexity index is 2610. The Morgan fingerprint density at radius 1 is 0.635 bits per heavy atom. The third-order valence-electron chi connectivity index (χ3n) is 7.31. The average molecular weight is 1050 g/mol. The van der Waals surface area contributed by atoms with Crippen molar-refractivity contribution in [3.8, 4) is 0 Å².